The molecule has 1 N–H and O–H groups in total. The maximum Gasteiger partial charge on any atom is 0.240 e. The molecule has 1 saturated carbocycles. The fourth-order valence-electron chi connectivity index (χ4n) is 1.64. The van der Waals surface area contributed by atoms with Gasteiger partial charge in [-0.05, 0) is 53.4 Å². The van der Waals surface area contributed by atoms with E-state index in [1.807, 2.05) is 12.1 Å². The van der Waals surface area contributed by atoms with Crippen molar-refractivity contribution in [3.05, 3.63) is 28.7 Å². The summed E-state index contributed by atoms with van der Waals surface area (Å²) < 4.78 is 6.11. The minimum atomic E-state index is 0.533. The lowest BCUT2D eigenvalue weighted by atomic mass is 10.3. The summed E-state index contributed by atoms with van der Waals surface area (Å²) in [5.74, 6) is 1.99. The van der Waals surface area contributed by atoms with Crippen molar-refractivity contribution in [3.8, 4) is 11.5 Å². The predicted molar refractivity (Wildman–Crippen MR) is 69.7 cm³/mol. The van der Waals surface area contributed by atoms with E-state index in [9.17, 15) is 0 Å². The van der Waals surface area contributed by atoms with E-state index in [0.29, 0.717) is 18.3 Å². The third-order valence-corrected chi connectivity index (χ3v) is 3.30. The van der Waals surface area contributed by atoms with Crippen molar-refractivity contribution in [2.24, 2.45) is 5.92 Å². The van der Waals surface area contributed by atoms with Gasteiger partial charge in [0.05, 0.1) is 6.54 Å². The van der Waals surface area contributed by atoms with Crippen LogP contribution in [0.5, 0.6) is 0 Å². The second-order valence-electron chi connectivity index (χ2n) is 4.45. The van der Waals surface area contributed by atoms with E-state index in [4.69, 9.17) is 4.52 Å². The summed E-state index contributed by atoms with van der Waals surface area (Å²) >= 11 is 3.34. The molecule has 18 heavy (non-hydrogen) atoms. The Morgan fingerprint density at radius 1 is 1.39 bits per heavy atom. The molecule has 0 saturated heterocycles. The maximum absolute atomic E-state index is 5.18. The quantitative estimate of drug-likeness (QED) is 0.919. The van der Waals surface area contributed by atoms with Crippen molar-refractivity contribution >= 4 is 15.9 Å². The molecule has 94 valence electrons. The lowest BCUT2D eigenvalue weighted by molar-refractivity contribution is 0.367. The average Bonchev–Trinajstić information content (AvgIpc) is 3.08. The number of rotatable bonds is 5. The molecule has 0 aromatic carbocycles. The molecule has 0 atom stereocenters. The van der Waals surface area contributed by atoms with Gasteiger partial charge in [-0.25, -0.2) is 0 Å². The predicted octanol–water partition coefficient (Wildman–Crippen LogP) is 2.39. The molecule has 0 spiro atoms. The Labute approximate surface area is 113 Å². The Morgan fingerprint density at radius 2 is 2.28 bits per heavy atom. The molecule has 3 rings (SSSR count). The number of halogens is 1. The summed E-state index contributed by atoms with van der Waals surface area (Å²) in [4.78, 5) is 8.54. The smallest absolute Gasteiger partial charge is 0.240 e. The molecule has 1 aliphatic carbocycles. The number of aromatic nitrogens is 3. The Bertz CT molecular complexity index is 521. The van der Waals surface area contributed by atoms with Gasteiger partial charge in [0.15, 0.2) is 0 Å². The highest BCUT2D eigenvalue weighted by atomic mass is 79.9. The Kier molecular flexibility index (Phi) is 3.38. The second kappa shape index (κ2) is 5.16. The van der Waals surface area contributed by atoms with E-state index >= 15 is 0 Å². The molecule has 1 fully saturated rings. The summed E-state index contributed by atoms with van der Waals surface area (Å²) in [6.45, 7) is 1.66. The first-order valence-corrected chi connectivity index (χ1v) is 6.76. The SMILES string of the molecule is Brc1ccc(-c2noc(CNCC3CC3)n2)nc1. The summed E-state index contributed by atoms with van der Waals surface area (Å²) in [6, 6.07) is 3.76. The van der Waals surface area contributed by atoms with E-state index in [1.54, 1.807) is 6.20 Å². The van der Waals surface area contributed by atoms with Crippen LogP contribution in [-0.4, -0.2) is 21.7 Å². The fourth-order valence-corrected chi connectivity index (χ4v) is 1.88. The molecular formula is C12H13BrN4O. The molecule has 0 unspecified atom stereocenters. The molecule has 2 aromatic heterocycles. The number of nitrogens with zero attached hydrogens (tertiary/aromatic N) is 3. The van der Waals surface area contributed by atoms with Gasteiger partial charge in [0, 0.05) is 10.7 Å². The van der Waals surface area contributed by atoms with Crippen LogP contribution in [-0.2, 0) is 6.54 Å². The van der Waals surface area contributed by atoms with E-state index < -0.39 is 0 Å². The summed E-state index contributed by atoms with van der Waals surface area (Å²) in [5, 5.41) is 7.24. The number of hydrogen-bond acceptors (Lipinski definition) is 5. The van der Waals surface area contributed by atoms with Crippen LogP contribution in [0.1, 0.15) is 18.7 Å². The molecule has 5 nitrogen and oxygen atoms in total. The lowest BCUT2D eigenvalue weighted by Crippen LogP contribution is -2.16. The van der Waals surface area contributed by atoms with Gasteiger partial charge in [0.2, 0.25) is 11.7 Å². The number of pyridine rings is 1. The molecule has 0 amide bonds. The van der Waals surface area contributed by atoms with Crippen molar-refractivity contribution in [1.82, 2.24) is 20.4 Å². The summed E-state index contributed by atoms with van der Waals surface area (Å²) in [5.41, 5.74) is 0.718. The molecule has 0 bridgehead atoms. The van der Waals surface area contributed by atoms with E-state index in [-0.39, 0.29) is 0 Å². The second-order valence-corrected chi connectivity index (χ2v) is 5.36. The van der Waals surface area contributed by atoms with Crippen LogP contribution in [0.3, 0.4) is 0 Å². The molecule has 0 aliphatic heterocycles. The van der Waals surface area contributed by atoms with Crippen molar-refractivity contribution in [3.63, 3.8) is 0 Å². The van der Waals surface area contributed by atoms with Gasteiger partial charge in [-0.15, -0.1) is 0 Å². The van der Waals surface area contributed by atoms with Crippen LogP contribution in [0, 0.1) is 5.92 Å². The third kappa shape index (κ3) is 2.94. The number of hydrogen-bond donors (Lipinski definition) is 1. The van der Waals surface area contributed by atoms with Crippen molar-refractivity contribution < 1.29 is 4.52 Å². The van der Waals surface area contributed by atoms with Crippen molar-refractivity contribution in [2.45, 2.75) is 19.4 Å². The van der Waals surface area contributed by atoms with Gasteiger partial charge in [-0.2, -0.15) is 4.98 Å². The number of nitrogens with one attached hydrogen (secondary N) is 1. The van der Waals surface area contributed by atoms with Gasteiger partial charge in [-0.1, -0.05) is 5.16 Å². The highest BCUT2D eigenvalue weighted by Gasteiger charge is 2.20. The molecular weight excluding hydrogens is 296 g/mol. The first kappa shape index (κ1) is 11.8. The van der Waals surface area contributed by atoms with E-state index in [2.05, 4.69) is 36.4 Å². The Morgan fingerprint density at radius 3 is 3.00 bits per heavy atom. The monoisotopic (exact) mass is 308 g/mol. The average molecular weight is 309 g/mol. The molecule has 1 aliphatic rings. The van der Waals surface area contributed by atoms with Crippen LogP contribution in [0.4, 0.5) is 0 Å². The lowest BCUT2D eigenvalue weighted by Gasteiger charge is -1.97. The maximum atomic E-state index is 5.18. The topological polar surface area (TPSA) is 63.8 Å². The standard InChI is InChI=1S/C12H13BrN4O/c13-9-3-4-10(15-6-9)12-16-11(18-17-12)7-14-5-8-1-2-8/h3-4,6,8,14H,1-2,5,7H2. The van der Waals surface area contributed by atoms with Crippen LogP contribution >= 0.6 is 15.9 Å². The zero-order valence-corrected chi connectivity index (χ0v) is 11.4. The van der Waals surface area contributed by atoms with Gasteiger partial charge in [-0.3, -0.25) is 4.98 Å². The highest BCUT2D eigenvalue weighted by Crippen LogP contribution is 2.27. The summed E-state index contributed by atoms with van der Waals surface area (Å²) in [7, 11) is 0. The van der Waals surface area contributed by atoms with Crippen LogP contribution in [0.2, 0.25) is 0 Å². The highest BCUT2D eigenvalue weighted by molar-refractivity contribution is 9.10. The summed E-state index contributed by atoms with van der Waals surface area (Å²) in [6.07, 6.45) is 4.40. The Hall–Kier alpha value is -1.27. The molecule has 6 heteroatoms. The van der Waals surface area contributed by atoms with E-state index in [1.165, 1.54) is 12.8 Å². The van der Waals surface area contributed by atoms with Gasteiger partial charge < -0.3 is 9.84 Å². The van der Waals surface area contributed by atoms with E-state index in [0.717, 1.165) is 22.6 Å². The normalized spacial score (nSPS) is 14.9. The largest absolute Gasteiger partial charge is 0.337 e. The minimum absolute atomic E-state index is 0.533. The van der Waals surface area contributed by atoms with Gasteiger partial charge >= 0.3 is 0 Å². The third-order valence-electron chi connectivity index (χ3n) is 2.83. The molecule has 2 heterocycles. The first-order chi connectivity index (χ1) is 8.81. The van der Waals surface area contributed by atoms with Crippen LogP contribution in [0.15, 0.2) is 27.3 Å². The molecule has 2 aromatic rings. The fraction of sp³-hybridized carbons (Fsp3) is 0.417. The van der Waals surface area contributed by atoms with Crippen LogP contribution in [0.25, 0.3) is 11.5 Å². The Balaban J connectivity index is 1.62. The zero-order chi connectivity index (χ0) is 12.4. The minimum Gasteiger partial charge on any atom is -0.337 e. The first-order valence-electron chi connectivity index (χ1n) is 5.96. The van der Waals surface area contributed by atoms with Crippen molar-refractivity contribution in [2.75, 3.05) is 6.54 Å². The van der Waals surface area contributed by atoms with Crippen molar-refractivity contribution in [1.29, 1.82) is 0 Å². The zero-order valence-electron chi connectivity index (χ0n) is 9.77. The van der Waals surface area contributed by atoms with Gasteiger partial charge in [0.1, 0.15) is 5.69 Å². The molecule has 0 radical (unpaired) electrons. The van der Waals surface area contributed by atoms with Gasteiger partial charge in [0.25, 0.3) is 0 Å². The van der Waals surface area contributed by atoms with Crippen LogP contribution < -0.4 is 5.32 Å².